The summed E-state index contributed by atoms with van der Waals surface area (Å²) in [6, 6.07) is 14.6. The fourth-order valence-electron chi connectivity index (χ4n) is 2.93. The molecule has 1 heterocycles. The molecule has 1 atom stereocenters. The van der Waals surface area contributed by atoms with Crippen LogP contribution in [0.2, 0.25) is 0 Å². The number of fused-ring (bicyclic) bond motifs is 1. The van der Waals surface area contributed by atoms with E-state index in [2.05, 4.69) is 22.3 Å². The molecule has 2 aromatic carbocycles. The number of carbonyl (C=O) groups excluding carboxylic acids is 1. The molecular formula is C20H23N3O3. The Bertz CT molecular complexity index is 954. The molecule has 1 aromatic heterocycles. The number of nitrogens with one attached hydrogen (secondary N) is 1. The first-order chi connectivity index (χ1) is 12.5. The Kier molecular flexibility index (Phi) is 5.23. The minimum atomic E-state index is -0.654. The molecule has 0 aliphatic carbocycles. The van der Waals surface area contributed by atoms with Gasteiger partial charge in [0, 0.05) is 13.1 Å². The van der Waals surface area contributed by atoms with Gasteiger partial charge < -0.3 is 14.6 Å². The average Bonchev–Trinajstić information content (AvgIpc) is 2.95. The lowest BCUT2D eigenvalue weighted by atomic mass is 10.1. The molecule has 0 aliphatic heterocycles. The molecule has 0 aliphatic rings. The smallest absolute Gasteiger partial charge is 0.408 e. The number of benzene rings is 2. The predicted molar refractivity (Wildman–Crippen MR) is 101 cm³/mol. The van der Waals surface area contributed by atoms with Crippen LogP contribution < -0.4 is 11.1 Å². The summed E-state index contributed by atoms with van der Waals surface area (Å²) in [5.41, 5.74) is 3.33. The van der Waals surface area contributed by atoms with E-state index in [9.17, 15) is 9.59 Å². The Morgan fingerprint density at radius 2 is 1.77 bits per heavy atom. The normalized spacial score (nSPS) is 12.5. The van der Waals surface area contributed by atoms with E-state index in [1.165, 1.54) is 10.1 Å². The van der Waals surface area contributed by atoms with Crippen molar-refractivity contribution in [2.75, 3.05) is 14.1 Å². The van der Waals surface area contributed by atoms with Gasteiger partial charge in [-0.2, -0.15) is 0 Å². The highest BCUT2D eigenvalue weighted by molar-refractivity contribution is 5.82. The van der Waals surface area contributed by atoms with Crippen LogP contribution in [-0.2, 0) is 17.9 Å². The monoisotopic (exact) mass is 353 g/mol. The van der Waals surface area contributed by atoms with Gasteiger partial charge in [0.2, 0.25) is 5.91 Å². The van der Waals surface area contributed by atoms with Crippen LogP contribution in [-0.4, -0.2) is 29.5 Å². The zero-order valence-corrected chi connectivity index (χ0v) is 15.2. The lowest BCUT2D eigenvalue weighted by molar-refractivity contribution is -0.124. The Balaban J connectivity index is 1.68. The number of nitrogens with zero attached hydrogens (tertiary/aromatic N) is 2. The molecule has 0 saturated heterocycles. The van der Waals surface area contributed by atoms with Gasteiger partial charge in [0.05, 0.1) is 5.52 Å². The first-order valence-electron chi connectivity index (χ1n) is 8.56. The Labute approximate surface area is 152 Å². The van der Waals surface area contributed by atoms with Crippen molar-refractivity contribution in [1.29, 1.82) is 0 Å². The molecule has 3 aromatic rings. The first kappa shape index (κ1) is 17.9. The van der Waals surface area contributed by atoms with Crippen molar-refractivity contribution in [3.8, 4) is 0 Å². The molecular weight excluding hydrogens is 330 g/mol. The summed E-state index contributed by atoms with van der Waals surface area (Å²) in [5.74, 6) is -0.752. The van der Waals surface area contributed by atoms with E-state index in [-0.39, 0.29) is 5.91 Å². The number of hydrogen-bond donors (Lipinski definition) is 1. The molecule has 0 spiro atoms. The number of carbonyl (C=O) groups is 1. The quantitative estimate of drug-likeness (QED) is 0.739. The lowest BCUT2D eigenvalue weighted by Crippen LogP contribution is -2.34. The van der Waals surface area contributed by atoms with Gasteiger partial charge in [-0.1, -0.05) is 36.4 Å². The van der Waals surface area contributed by atoms with Crippen molar-refractivity contribution < 1.29 is 9.21 Å². The van der Waals surface area contributed by atoms with Crippen LogP contribution in [0.15, 0.2) is 57.7 Å². The minimum absolute atomic E-state index is 0.226. The minimum Gasteiger partial charge on any atom is -0.408 e. The molecule has 0 bridgehead atoms. The Morgan fingerprint density at radius 1 is 1.12 bits per heavy atom. The van der Waals surface area contributed by atoms with E-state index in [1.807, 2.05) is 32.3 Å². The predicted octanol–water partition coefficient (Wildman–Crippen LogP) is 2.53. The second-order valence-electron chi connectivity index (χ2n) is 6.65. The largest absolute Gasteiger partial charge is 0.420 e. The molecule has 0 radical (unpaired) electrons. The van der Waals surface area contributed by atoms with E-state index < -0.39 is 11.8 Å². The van der Waals surface area contributed by atoms with Crippen molar-refractivity contribution in [2.24, 2.45) is 0 Å². The van der Waals surface area contributed by atoms with Gasteiger partial charge in [-0.15, -0.1) is 0 Å². The van der Waals surface area contributed by atoms with E-state index in [1.54, 1.807) is 25.1 Å². The maximum atomic E-state index is 12.5. The van der Waals surface area contributed by atoms with Crippen molar-refractivity contribution in [3.05, 3.63) is 70.2 Å². The summed E-state index contributed by atoms with van der Waals surface area (Å²) in [6.07, 6.45) is 0. The fourth-order valence-corrected chi connectivity index (χ4v) is 2.93. The summed E-state index contributed by atoms with van der Waals surface area (Å²) >= 11 is 0. The van der Waals surface area contributed by atoms with Crippen LogP contribution in [0.25, 0.3) is 11.1 Å². The van der Waals surface area contributed by atoms with Crippen LogP contribution >= 0.6 is 0 Å². The van der Waals surface area contributed by atoms with Crippen LogP contribution in [0.1, 0.15) is 24.1 Å². The molecule has 6 heteroatoms. The van der Waals surface area contributed by atoms with E-state index >= 15 is 0 Å². The van der Waals surface area contributed by atoms with E-state index in [4.69, 9.17) is 4.42 Å². The van der Waals surface area contributed by atoms with Gasteiger partial charge in [0.25, 0.3) is 0 Å². The number of para-hydroxylation sites is 2. The molecule has 1 amide bonds. The number of aromatic nitrogens is 1. The Morgan fingerprint density at radius 3 is 2.46 bits per heavy atom. The van der Waals surface area contributed by atoms with Gasteiger partial charge in [-0.3, -0.25) is 9.36 Å². The molecule has 1 unspecified atom stereocenters. The van der Waals surface area contributed by atoms with Crippen molar-refractivity contribution in [1.82, 2.24) is 14.8 Å². The summed E-state index contributed by atoms with van der Waals surface area (Å²) in [6.45, 7) is 2.98. The van der Waals surface area contributed by atoms with Gasteiger partial charge >= 0.3 is 5.76 Å². The lowest BCUT2D eigenvalue weighted by Gasteiger charge is -2.14. The highest BCUT2D eigenvalue weighted by Crippen LogP contribution is 2.16. The van der Waals surface area contributed by atoms with Gasteiger partial charge in [-0.25, -0.2) is 4.79 Å². The maximum absolute atomic E-state index is 12.5. The summed E-state index contributed by atoms with van der Waals surface area (Å²) in [5, 5.41) is 2.89. The molecule has 6 nitrogen and oxygen atoms in total. The Hall–Kier alpha value is -2.86. The zero-order valence-electron chi connectivity index (χ0n) is 15.2. The number of oxazole rings is 1. The second kappa shape index (κ2) is 7.58. The van der Waals surface area contributed by atoms with Gasteiger partial charge in [-0.05, 0) is 44.3 Å². The maximum Gasteiger partial charge on any atom is 0.420 e. The molecule has 0 saturated carbocycles. The molecule has 136 valence electrons. The van der Waals surface area contributed by atoms with Crippen LogP contribution in [0, 0.1) is 0 Å². The second-order valence-corrected chi connectivity index (χ2v) is 6.65. The standard InChI is InChI=1S/C20H23N3O3/c1-14(23-17-6-4-5-7-18(17)26-20(23)25)19(24)21-12-15-8-10-16(11-9-15)13-22(2)3/h4-11,14H,12-13H2,1-3H3,(H,21,24). The summed E-state index contributed by atoms with van der Waals surface area (Å²) in [4.78, 5) is 26.7. The molecule has 26 heavy (non-hydrogen) atoms. The average molecular weight is 353 g/mol. The first-order valence-corrected chi connectivity index (χ1v) is 8.56. The molecule has 1 N–H and O–H groups in total. The summed E-state index contributed by atoms with van der Waals surface area (Å²) < 4.78 is 6.58. The van der Waals surface area contributed by atoms with Crippen molar-refractivity contribution in [3.63, 3.8) is 0 Å². The fraction of sp³-hybridized carbons (Fsp3) is 0.300. The van der Waals surface area contributed by atoms with Gasteiger partial charge in [0.1, 0.15) is 6.04 Å². The SMILES string of the molecule is CC(C(=O)NCc1ccc(CN(C)C)cc1)n1c(=O)oc2ccccc21. The van der Waals surface area contributed by atoms with Gasteiger partial charge in [0.15, 0.2) is 5.58 Å². The van der Waals surface area contributed by atoms with Crippen molar-refractivity contribution >= 4 is 17.0 Å². The number of hydrogen-bond acceptors (Lipinski definition) is 4. The van der Waals surface area contributed by atoms with Crippen molar-refractivity contribution in [2.45, 2.75) is 26.1 Å². The van der Waals surface area contributed by atoms with Crippen LogP contribution in [0.5, 0.6) is 0 Å². The highest BCUT2D eigenvalue weighted by Gasteiger charge is 2.20. The number of rotatable bonds is 6. The molecule has 0 fully saturated rings. The summed E-state index contributed by atoms with van der Waals surface area (Å²) in [7, 11) is 4.05. The van der Waals surface area contributed by atoms with Crippen LogP contribution in [0.3, 0.4) is 0 Å². The third kappa shape index (κ3) is 3.86. The third-order valence-electron chi connectivity index (χ3n) is 4.27. The highest BCUT2D eigenvalue weighted by atomic mass is 16.4. The number of amides is 1. The third-order valence-corrected chi connectivity index (χ3v) is 4.27. The van der Waals surface area contributed by atoms with E-state index in [0.29, 0.717) is 17.6 Å². The van der Waals surface area contributed by atoms with E-state index in [0.717, 1.165) is 12.1 Å². The molecule has 3 rings (SSSR count). The topological polar surface area (TPSA) is 67.5 Å². The zero-order chi connectivity index (χ0) is 18.7. The van der Waals surface area contributed by atoms with Crippen LogP contribution in [0.4, 0.5) is 0 Å².